The number of carbonyl (C=O) groups excluding carboxylic acids is 1. The Hall–Kier alpha value is -2.16. The lowest BCUT2D eigenvalue weighted by Crippen LogP contribution is -2.67. The number of aliphatic hydroxyl groups excluding tert-OH is 14. The van der Waals surface area contributed by atoms with Crippen molar-refractivity contribution in [3.05, 3.63) is 11.6 Å². The predicted octanol–water partition coefficient (Wildman–Crippen LogP) is -2.97. The minimum absolute atomic E-state index is 0.0541. The fourth-order valence-electron chi connectivity index (χ4n) is 16.3. The summed E-state index contributed by atoms with van der Waals surface area (Å²) in [4.78, 5) is 28.5. The summed E-state index contributed by atoms with van der Waals surface area (Å²) in [6, 6.07) is 0. The number of aliphatic carboxylic acids is 1. The fraction of sp³-hybridized carbons (Fsp3) is 0.926. The summed E-state index contributed by atoms with van der Waals surface area (Å²) >= 11 is 0. The van der Waals surface area contributed by atoms with Crippen LogP contribution in [0.2, 0.25) is 0 Å². The molecular formula is C54H86O25. The van der Waals surface area contributed by atoms with Crippen molar-refractivity contribution in [1.29, 1.82) is 0 Å². The SMILES string of the molecule is CC1(C)CC[C@]2(C(=O)O[C@@H]3O[C@H](CO[C@@H]4O[C@H](CO)[C@@H](O)[C@H](O)[C@H]4O)[C@H](O)[C@H](O[C@@H]4O[C@H](CO)[C@H](O)[C@H](O)[C@H]4O[C@@H]4O[C@H](CO)[C@@H](O)[C@H](O)[C@H]4O)[C@H]3O)CC[C@]3(C)C(=CC[C@@H]4[C@@]5(C)CC[C@H](O)[C@@](C)(C(=O)O)[C@@H]5CC[C@]43C)[C@@H]2C1. The Morgan fingerprint density at radius 3 is 1.71 bits per heavy atom. The van der Waals surface area contributed by atoms with Gasteiger partial charge in [-0.1, -0.05) is 46.3 Å². The summed E-state index contributed by atoms with van der Waals surface area (Å²) in [7, 11) is 0. The third kappa shape index (κ3) is 9.95. The summed E-state index contributed by atoms with van der Waals surface area (Å²) in [5.41, 5.74) is -2.88. The molecule has 0 amide bonds. The second-order valence-electron chi connectivity index (χ2n) is 26.1. The first-order valence-corrected chi connectivity index (χ1v) is 28.0. The molecule has 4 saturated heterocycles. The zero-order chi connectivity index (χ0) is 57.9. The number of carboxylic acid groups (broad SMARTS) is 1. The number of carbonyl (C=O) groups is 2. The van der Waals surface area contributed by atoms with Gasteiger partial charge in [-0.05, 0) is 111 Å². The largest absolute Gasteiger partial charge is 0.481 e. The summed E-state index contributed by atoms with van der Waals surface area (Å²) in [5, 5.41) is 162. The van der Waals surface area contributed by atoms with Crippen molar-refractivity contribution < 1.29 is 124 Å². The van der Waals surface area contributed by atoms with E-state index < -0.39 is 189 Å². The molecule has 4 heterocycles. The van der Waals surface area contributed by atoms with Crippen molar-refractivity contribution in [3.63, 3.8) is 0 Å². The van der Waals surface area contributed by atoms with Gasteiger partial charge >= 0.3 is 11.9 Å². The molecule has 0 spiro atoms. The highest BCUT2D eigenvalue weighted by atomic mass is 16.8. The lowest BCUT2D eigenvalue weighted by molar-refractivity contribution is -0.389. The number of carboxylic acids is 1. The standard InChI is InChI=1S/C54H86O25/c1-49(2)13-15-54(16-14-51(4)22(23(54)17-49)7-8-28-50(3)11-10-30(58)53(6,47(69)70)29(50)9-12-52(28,51)5)48(71)79-45-40(68)41(34(62)27(76-45)21-72-43-38(66)35(63)31(59)24(18-55)73-43)77-46-42(37(65)33(61)26(20-57)75-46)78-44-39(67)36(64)32(60)25(19-56)74-44/h7,23-46,55-68H,8-21H2,1-6H3,(H,69,70)/t23-,24+,25+,26+,27+,28+,29+,30-,31+,32+,33-,34-,35-,36-,37-,38+,39+,40+,41-,42+,43+,44-,45-,46-,50+,51+,52+,53-,54-/m0/s1. The number of rotatable bonds is 13. The van der Waals surface area contributed by atoms with Crippen LogP contribution < -0.4 is 0 Å². The molecule has 0 aromatic carbocycles. The quantitative estimate of drug-likeness (QED) is 0.0647. The maximum atomic E-state index is 15.6. The Labute approximate surface area is 457 Å². The van der Waals surface area contributed by atoms with Gasteiger partial charge in [0, 0.05) is 0 Å². The molecule has 9 rings (SSSR count). The number of allylic oxidation sites excluding steroid dienone is 2. The van der Waals surface area contributed by atoms with E-state index in [1.165, 1.54) is 0 Å². The van der Waals surface area contributed by atoms with Gasteiger partial charge in [0.05, 0.1) is 43.4 Å². The average molecular weight is 1140 g/mol. The summed E-state index contributed by atoms with van der Waals surface area (Å²) in [5.74, 6) is -2.34. The Bertz CT molecular complexity index is 2220. The van der Waals surface area contributed by atoms with E-state index in [1.807, 2.05) is 0 Å². The van der Waals surface area contributed by atoms with Crippen molar-refractivity contribution in [2.75, 3.05) is 26.4 Å². The molecule has 5 aliphatic carbocycles. The first-order valence-electron chi connectivity index (χ1n) is 28.0. The Balaban J connectivity index is 1.03. The van der Waals surface area contributed by atoms with Crippen LogP contribution in [-0.4, -0.2) is 244 Å². The van der Waals surface area contributed by atoms with E-state index in [4.69, 9.17) is 37.9 Å². The van der Waals surface area contributed by atoms with E-state index in [0.29, 0.717) is 64.2 Å². The van der Waals surface area contributed by atoms with Crippen LogP contribution in [0, 0.1) is 50.2 Å². The molecule has 8 fully saturated rings. The second-order valence-corrected chi connectivity index (χ2v) is 26.1. The Morgan fingerprint density at radius 2 is 1.10 bits per heavy atom. The highest BCUT2D eigenvalue weighted by Gasteiger charge is 2.71. The first-order chi connectivity index (χ1) is 37.0. The number of fused-ring (bicyclic) bond motifs is 7. The van der Waals surface area contributed by atoms with Crippen molar-refractivity contribution in [2.24, 2.45) is 50.2 Å². The van der Waals surface area contributed by atoms with E-state index >= 15 is 4.79 Å². The van der Waals surface area contributed by atoms with Gasteiger partial charge in [0.15, 0.2) is 18.9 Å². The highest BCUT2D eigenvalue weighted by molar-refractivity contribution is 5.79. The van der Waals surface area contributed by atoms with Crippen LogP contribution in [0.4, 0.5) is 0 Å². The molecule has 29 atom stereocenters. The molecule has 452 valence electrons. The van der Waals surface area contributed by atoms with Gasteiger partial charge in [0.2, 0.25) is 6.29 Å². The molecule has 0 bridgehead atoms. The van der Waals surface area contributed by atoms with Gasteiger partial charge < -0.3 is 114 Å². The number of hydrogen-bond donors (Lipinski definition) is 15. The maximum Gasteiger partial charge on any atom is 0.315 e. The van der Waals surface area contributed by atoms with E-state index in [1.54, 1.807) is 6.92 Å². The molecule has 25 heteroatoms. The zero-order valence-corrected chi connectivity index (χ0v) is 45.6. The van der Waals surface area contributed by atoms with E-state index in [0.717, 1.165) is 5.57 Å². The molecule has 9 aliphatic rings. The molecule has 25 nitrogen and oxygen atoms in total. The molecule has 0 unspecified atom stereocenters. The van der Waals surface area contributed by atoms with Crippen LogP contribution in [0.5, 0.6) is 0 Å². The van der Waals surface area contributed by atoms with E-state index in [-0.39, 0.29) is 28.6 Å². The van der Waals surface area contributed by atoms with Crippen LogP contribution >= 0.6 is 0 Å². The number of esters is 1. The smallest absolute Gasteiger partial charge is 0.315 e. The number of ether oxygens (including phenoxy) is 8. The van der Waals surface area contributed by atoms with Gasteiger partial charge in [0.25, 0.3) is 0 Å². The molecule has 0 aromatic heterocycles. The molecule has 0 radical (unpaired) electrons. The highest BCUT2D eigenvalue weighted by Crippen LogP contribution is 2.76. The van der Waals surface area contributed by atoms with Gasteiger partial charge in [-0.15, -0.1) is 0 Å². The monoisotopic (exact) mass is 1130 g/mol. The van der Waals surface area contributed by atoms with Gasteiger partial charge in [-0.3, -0.25) is 9.59 Å². The second kappa shape index (κ2) is 22.4. The average Bonchev–Trinajstić information content (AvgIpc) is 2.61. The Morgan fingerprint density at radius 1 is 0.557 bits per heavy atom. The van der Waals surface area contributed by atoms with Crippen LogP contribution in [-0.2, 0) is 47.5 Å². The number of hydrogen-bond acceptors (Lipinski definition) is 24. The van der Waals surface area contributed by atoms with Crippen molar-refractivity contribution in [3.8, 4) is 0 Å². The van der Waals surface area contributed by atoms with Crippen molar-refractivity contribution in [2.45, 2.75) is 235 Å². The lowest BCUT2D eigenvalue weighted by atomic mass is 9.33. The predicted molar refractivity (Wildman–Crippen MR) is 265 cm³/mol. The minimum atomic E-state index is -2.13. The van der Waals surface area contributed by atoms with Crippen LogP contribution in [0.25, 0.3) is 0 Å². The van der Waals surface area contributed by atoms with Gasteiger partial charge in [-0.2, -0.15) is 0 Å². The third-order valence-electron chi connectivity index (χ3n) is 21.5. The molecule has 4 saturated carbocycles. The van der Waals surface area contributed by atoms with Gasteiger partial charge in [-0.25, -0.2) is 0 Å². The molecule has 0 aromatic rings. The maximum absolute atomic E-state index is 15.6. The van der Waals surface area contributed by atoms with E-state index in [9.17, 15) is 81.4 Å². The minimum Gasteiger partial charge on any atom is -0.481 e. The molecule has 79 heavy (non-hydrogen) atoms. The van der Waals surface area contributed by atoms with Gasteiger partial charge in [0.1, 0.15) is 97.7 Å². The third-order valence-corrected chi connectivity index (χ3v) is 21.5. The Kier molecular flexibility index (Phi) is 17.4. The summed E-state index contributed by atoms with van der Waals surface area (Å²) < 4.78 is 47.3. The summed E-state index contributed by atoms with van der Waals surface area (Å²) in [6.45, 7) is 9.35. The first kappa shape index (κ1) is 61.4. The molecule has 15 N–H and O–H groups in total. The number of aliphatic hydroxyl groups is 14. The zero-order valence-electron chi connectivity index (χ0n) is 45.6. The topological polar surface area (TPSA) is 411 Å². The fourth-order valence-corrected chi connectivity index (χ4v) is 16.3. The van der Waals surface area contributed by atoms with Crippen LogP contribution in [0.15, 0.2) is 11.6 Å². The van der Waals surface area contributed by atoms with Crippen LogP contribution in [0.3, 0.4) is 0 Å². The molecule has 4 aliphatic heterocycles. The normalized spacial score (nSPS) is 53.5. The van der Waals surface area contributed by atoms with Crippen molar-refractivity contribution >= 4 is 11.9 Å². The van der Waals surface area contributed by atoms with E-state index in [2.05, 4.69) is 40.7 Å². The molecular weight excluding hydrogens is 1050 g/mol. The summed E-state index contributed by atoms with van der Waals surface area (Å²) in [6.07, 6.45) is -30.7. The van der Waals surface area contributed by atoms with Crippen LogP contribution in [0.1, 0.15) is 106 Å². The lowest BCUT2D eigenvalue weighted by Gasteiger charge is -2.71. The van der Waals surface area contributed by atoms with Crippen molar-refractivity contribution in [1.82, 2.24) is 0 Å².